The van der Waals surface area contributed by atoms with Crippen molar-refractivity contribution in [2.75, 3.05) is 19.0 Å². The molecule has 1 rings (SSSR count). The van der Waals surface area contributed by atoms with Gasteiger partial charge in [-0.3, -0.25) is 0 Å². The van der Waals surface area contributed by atoms with Crippen LogP contribution in [-0.4, -0.2) is 34.8 Å². The number of ether oxygens (including phenoxy) is 1. The van der Waals surface area contributed by atoms with Crippen molar-refractivity contribution in [3.63, 3.8) is 0 Å². The zero-order valence-electron chi connectivity index (χ0n) is 9.32. The molecule has 0 aliphatic carbocycles. The van der Waals surface area contributed by atoms with Crippen molar-refractivity contribution >= 4 is 5.82 Å². The van der Waals surface area contributed by atoms with Crippen LogP contribution in [0.3, 0.4) is 0 Å². The lowest BCUT2D eigenvalue weighted by atomic mass is 10.2. The molecule has 0 aromatic carbocycles. The number of nitrogens with zero attached hydrogens (tertiary/aromatic N) is 2. The molecule has 5 heteroatoms. The van der Waals surface area contributed by atoms with Gasteiger partial charge in [0.1, 0.15) is 11.6 Å². The van der Waals surface area contributed by atoms with E-state index in [-0.39, 0.29) is 12.6 Å². The SMILES string of the molecule is CCC(CO)Nc1cc(OC)nc(C)n1. The lowest BCUT2D eigenvalue weighted by Crippen LogP contribution is -2.23. The van der Waals surface area contributed by atoms with Gasteiger partial charge >= 0.3 is 0 Å². The first-order valence-electron chi connectivity index (χ1n) is 4.96. The molecule has 0 bridgehead atoms. The van der Waals surface area contributed by atoms with Gasteiger partial charge < -0.3 is 15.2 Å². The molecule has 2 N–H and O–H groups in total. The van der Waals surface area contributed by atoms with E-state index in [0.29, 0.717) is 17.5 Å². The Morgan fingerprint density at radius 1 is 1.53 bits per heavy atom. The Morgan fingerprint density at radius 3 is 2.80 bits per heavy atom. The minimum atomic E-state index is 0.0176. The second-order valence-corrected chi connectivity index (χ2v) is 3.27. The summed E-state index contributed by atoms with van der Waals surface area (Å²) in [6, 6.07) is 1.73. The highest BCUT2D eigenvalue weighted by Gasteiger charge is 2.07. The predicted molar refractivity (Wildman–Crippen MR) is 58.1 cm³/mol. The molecule has 1 heterocycles. The largest absolute Gasteiger partial charge is 0.481 e. The van der Waals surface area contributed by atoms with Crippen molar-refractivity contribution in [2.45, 2.75) is 26.3 Å². The average Bonchev–Trinajstić information content (AvgIpc) is 2.25. The number of nitrogens with one attached hydrogen (secondary N) is 1. The van der Waals surface area contributed by atoms with E-state index in [2.05, 4.69) is 15.3 Å². The van der Waals surface area contributed by atoms with E-state index in [4.69, 9.17) is 9.84 Å². The minimum Gasteiger partial charge on any atom is -0.481 e. The van der Waals surface area contributed by atoms with Gasteiger partial charge in [-0.15, -0.1) is 0 Å². The molecular weight excluding hydrogens is 194 g/mol. The Labute approximate surface area is 89.5 Å². The summed E-state index contributed by atoms with van der Waals surface area (Å²) >= 11 is 0. The van der Waals surface area contributed by atoms with E-state index in [1.54, 1.807) is 20.1 Å². The van der Waals surface area contributed by atoms with Crippen LogP contribution in [0.5, 0.6) is 5.88 Å². The minimum absolute atomic E-state index is 0.0176. The van der Waals surface area contributed by atoms with E-state index in [9.17, 15) is 0 Å². The van der Waals surface area contributed by atoms with E-state index in [1.807, 2.05) is 6.92 Å². The lowest BCUT2D eigenvalue weighted by Gasteiger charge is -2.15. The van der Waals surface area contributed by atoms with Gasteiger partial charge in [0, 0.05) is 6.07 Å². The standard InChI is InChI=1S/C10H17N3O2/c1-4-8(6-14)13-9-5-10(15-3)12-7(2)11-9/h5,8,14H,4,6H2,1-3H3,(H,11,12,13). The van der Waals surface area contributed by atoms with Crippen LogP contribution in [-0.2, 0) is 0 Å². The van der Waals surface area contributed by atoms with Crippen molar-refractivity contribution in [2.24, 2.45) is 0 Å². The summed E-state index contributed by atoms with van der Waals surface area (Å²) in [7, 11) is 1.56. The summed E-state index contributed by atoms with van der Waals surface area (Å²) in [5.74, 6) is 1.85. The Bertz CT molecular complexity index is 314. The smallest absolute Gasteiger partial charge is 0.218 e. The Kier molecular flexibility index (Phi) is 4.30. The number of aliphatic hydroxyl groups is 1. The third kappa shape index (κ3) is 3.36. The van der Waals surface area contributed by atoms with Crippen molar-refractivity contribution in [3.8, 4) is 5.88 Å². The number of hydrogen-bond donors (Lipinski definition) is 2. The number of hydrogen-bond acceptors (Lipinski definition) is 5. The molecule has 84 valence electrons. The molecule has 0 fully saturated rings. The van der Waals surface area contributed by atoms with Crippen LogP contribution >= 0.6 is 0 Å². The molecule has 0 amide bonds. The third-order valence-electron chi connectivity index (χ3n) is 2.09. The number of aliphatic hydroxyl groups excluding tert-OH is 1. The van der Waals surface area contributed by atoms with Gasteiger partial charge in [0.15, 0.2) is 0 Å². The van der Waals surface area contributed by atoms with Crippen molar-refractivity contribution in [3.05, 3.63) is 11.9 Å². The number of aromatic nitrogens is 2. The van der Waals surface area contributed by atoms with Gasteiger partial charge in [-0.2, -0.15) is 4.98 Å². The van der Waals surface area contributed by atoms with Crippen LogP contribution in [0.2, 0.25) is 0 Å². The number of rotatable bonds is 5. The fraction of sp³-hybridized carbons (Fsp3) is 0.600. The van der Waals surface area contributed by atoms with Crippen LogP contribution in [0.4, 0.5) is 5.82 Å². The second-order valence-electron chi connectivity index (χ2n) is 3.27. The van der Waals surface area contributed by atoms with Crippen LogP contribution in [0.15, 0.2) is 6.07 Å². The zero-order chi connectivity index (χ0) is 11.3. The van der Waals surface area contributed by atoms with Gasteiger partial charge in [-0.05, 0) is 13.3 Å². The number of aryl methyl sites for hydroxylation is 1. The predicted octanol–water partition coefficient (Wildman–Crippen LogP) is 0.976. The molecule has 1 unspecified atom stereocenters. The van der Waals surface area contributed by atoms with Crippen LogP contribution in [0, 0.1) is 6.92 Å². The second kappa shape index (κ2) is 5.50. The van der Waals surface area contributed by atoms with Crippen molar-refractivity contribution in [1.82, 2.24) is 9.97 Å². The molecule has 0 saturated heterocycles. The first kappa shape index (κ1) is 11.7. The molecule has 15 heavy (non-hydrogen) atoms. The van der Waals surface area contributed by atoms with Crippen LogP contribution in [0.25, 0.3) is 0 Å². The summed E-state index contributed by atoms with van der Waals surface area (Å²) in [6.45, 7) is 3.88. The fourth-order valence-corrected chi connectivity index (χ4v) is 1.20. The van der Waals surface area contributed by atoms with E-state index < -0.39 is 0 Å². The Morgan fingerprint density at radius 2 is 2.27 bits per heavy atom. The van der Waals surface area contributed by atoms with Gasteiger partial charge in [0.25, 0.3) is 0 Å². The normalized spacial score (nSPS) is 12.3. The van der Waals surface area contributed by atoms with Crippen LogP contribution in [0.1, 0.15) is 19.2 Å². The van der Waals surface area contributed by atoms with Gasteiger partial charge in [0.05, 0.1) is 19.8 Å². The maximum atomic E-state index is 9.05. The molecule has 0 radical (unpaired) electrons. The van der Waals surface area contributed by atoms with Gasteiger partial charge in [0.2, 0.25) is 5.88 Å². The average molecular weight is 211 g/mol. The summed E-state index contributed by atoms with van der Waals surface area (Å²) in [5, 5.41) is 12.2. The summed E-state index contributed by atoms with van der Waals surface area (Å²) in [6.07, 6.45) is 0.835. The first-order valence-corrected chi connectivity index (χ1v) is 4.96. The van der Waals surface area contributed by atoms with Crippen molar-refractivity contribution < 1.29 is 9.84 Å². The Hall–Kier alpha value is -1.36. The lowest BCUT2D eigenvalue weighted by molar-refractivity contribution is 0.271. The van der Waals surface area contributed by atoms with Crippen molar-refractivity contribution in [1.29, 1.82) is 0 Å². The highest BCUT2D eigenvalue weighted by Crippen LogP contribution is 2.13. The first-order chi connectivity index (χ1) is 7.19. The Balaban J connectivity index is 2.79. The number of methoxy groups -OCH3 is 1. The third-order valence-corrected chi connectivity index (χ3v) is 2.09. The molecular formula is C10H17N3O2. The zero-order valence-corrected chi connectivity index (χ0v) is 9.32. The topological polar surface area (TPSA) is 67.3 Å². The highest BCUT2D eigenvalue weighted by molar-refractivity contribution is 5.39. The van der Waals surface area contributed by atoms with E-state index in [1.165, 1.54) is 0 Å². The van der Waals surface area contributed by atoms with E-state index >= 15 is 0 Å². The maximum absolute atomic E-state index is 9.05. The van der Waals surface area contributed by atoms with Gasteiger partial charge in [-0.1, -0.05) is 6.92 Å². The maximum Gasteiger partial charge on any atom is 0.218 e. The molecule has 0 saturated carbocycles. The molecule has 1 atom stereocenters. The molecule has 0 aliphatic rings. The van der Waals surface area contributed by atoms with E-state index in [0.717, 1.165) is 6.42 Å². The van der Waals surface area contributed by atoms with Crippen LogP contribution < -0.4 is 10.1 Å². The molecule has 1 aromatic rings. The molecule has 0 aliphatic heterocycles. The highest BCUT2D eigenvalue weighted by atomic mass is 16.5. The monoisotopic (exact) mass is 211 g/mol. The summed E-state index contributed by atoms with van der Waals surface area (Å²) < 4.78 is 5.03. The fourth-order valence-electron chi connectivity index (χ4n) is 1.20. The molecule has 5 nitrogen and oxygen atoms in total. The molecule has 1 aromatic heterocycles. The summed E-state index contributed by atoms with van der Waals surface area (Å²) in [5.41, 5.74) is 0. The van der Waals surface area contributed by atoms with Gasteiger partial charge in [-0.25, -0.2) is 4.98 Å². The summed E-state index contributed by atoms with van der Waals surface area (Å²) in [4.78, 5) is 8.28. The number of anilines is 1. The molecule has 0 spiro atoms. The quantitative estimate of drug-likeness (QED) is 0.759.